The molecule has 2 fully saturated rings. The van der Waals surface area contributed by atoms with Gasteiger partial charge in [-0.2, -0.15) is 0 Å². The van der Waals surface area contributed by atoms with Crippen molar-refractivity contribution in [3.05, 3.63) is 28.7 Å². The fraction of sp³-hybridized carbons (Fsp3) is 0.455. The number of rotatable bonds is 6. The monoisotopic (exact) mass is 491 g/mol. The molecular formula is C22H25N3O6S2. The van der Waals surface area contributed by atoms with E-state index in [1.54, 1.807) is 27.7 Å². The molecule has 3 aliphatic heterocycles. The van der Waals surface area contributed by atoms with Gasteiger partial charge in [-0.15, -0.1) is 0 Å². The second-order valence-electron chi connectivity index (χ2n) is 7.62. The zero-order chi connectivity index (χ0) is 23.4. The molecule has 9 nitrogen and oxygen atoms in total. The molecule has 1 aromatic rings. The summed E-state index contributed by atoms with van der Waals surface area (Å²) in [5.41, 5.74) is 0.830. The topological polar surface area (TPSA) is 88.6 Å². The first-order chi connectivity index (χ1) is 16.0. The fourth-order valence-corrected chi connectivity index (χ4v) is 5.06. The molecule has 3 amide bonds. The van der Waals surface area contributed by atoms with Crippen LogP contribution in [0.3, 0.4) is 0 Å². The lowest BCUT2D eigenvalue weighted by Crippen LogP contribution is -2.50. The Labute approximate surface area is 201 Å². The van der Waals surface area contributed by atoms with Crippen molar-refractivity contribution in [2.24, 2.45) is 0 Å². The predicted molar refractivity (Wildman–Crippen MR) is 127 cm³/mol. The number of hydrogen-bond donors (Lipinski definition) is 0. The largest absolute Gasteiger partial charge is 0.454 e. The first-order valence-corrected chi connectivity index (χ1v) is 12.0. The predicted octanol–water partition coefficient (Wildman–Crippen LogP) is 2.70. The molecule has 0 saturated carbocycles. The molecule has 3 aliphatic rings. The standard InChI is InChI=1S/C22H25N3O6S2/c1-2-29-21(28)24-10-8-23(9-11-24)19(26)4-3-7-25-20(27)18(33-22(25)32)13-15-5-6-16-17(12-15)31-14-30-16/h5-6,12-13H,2-4,7-11,14H2,1H3. The van der Waals surface area contributed by atoms with E-state index in [4.69, 9.17) is 26.4 Å². The molecule has 1 aromatic carbocycles. The number of thiocarbonyl (C=S) groups is 1. The minimum absolute atomic E-state index is 0.0138. The average Bonchev–Trinajstić information content (AvgIpc) is 3.38. The van der Waals surface area contributed by atoms with Gasteiger partial charge in [-0.1, -0.05) is 30.0 Å². The summed E-state index contributed by atoms with van der Waals surface area (Å²) in [5.74, 6) is 1.20. The van der Waals surface area contributed by atoms with Crippen molar-refractivity contribution in [1.29, 1.82) is 0 Å². The number of carbonyl (C=O) groups excluding carboxylic acids is 3. The highest BCUT2D eigenvalue weighted by atomic mass is 32.2. The Bertz CT molecular complexity index is 990. The van der Waals surface area contributed by atoms with Gasteiger partial charge in [0.1, 0.15) is 4.32 Å². The molecule has 176 valence electrons. The van der Waals surface area contributed by atoms with Crippen LogP contribution in [0.2, 0.25) is 0 Å². The maximum atomic E-state index is 12.8. The number of piperazine rings is 1. The summed E-state index contributed by atoms with van der Waals surface area (Å²) in [4.78, 5) is 42.6. The number of fused-ring (bicyclic) bond motifs is 1. The number of benzene rings is 1. The third-order valence-corrected chi connectivity index (χ3v) is 6.88. The molecular weight excluding hydrogens is 466 g/mol. The van der Waals surface area contributed by atoms with Crippen molar-refractivity contribution in [3.63, 3.8) is 0 Å². The van der Waals surface area contributed by atoms with E-state index in [9.17, 15) is 14.4 Å². The summed E-state index contributed by atoms with van der Waals surface area (Å²) in [6.07, 6.45) is 2.28. The second kappa shape index (κ2) is 10.4. The van der Waals surface area contributed by atoms with Gasteiger partial charge in [-0.05, 0) is 37.1 Å². The molecule has 0 aliphatic carbocycles. The number of carbonyl (C=O) groups is 3. The van der Waals surface area contributed by atoms with E-state index in [-0.39, 0.29) is 24.7 Å². The van der Waals surface area contributed by atoms with Crippen molar-refractivity contribution in [3.8, 4) is 11.5 Å². The number of hydrogen-bond acceptors (Lipinski definition) is 8. The molecule has 0 N–H and O–H groups in total. The molecule has 4 rings (SSSR count). The Morgan fingerprint density at radius 1 is 1.15 bits per heavy atom. The summed E-state index contributed by atoms with van der Waals surface area (Å²) in [6, 6.07) is 5.50. The van der Waals surface area contributed by atoms with Crippen LogP contribution in [-0.2, 0) is 14.3 Å². The third kappa shape index (κ3) is 5.41. The lowest BCUT2D eigenvalue weighted by molar-refractivity contribution is -0.133. The number of thioether (sulfide) groups is 1. The van der Waals surface area contributed by atoms with Gasteiger partial charge >= 0.3 is 6.09 Å². The molecule has 0 unspecified atom stereocenters. The zero-order valence-corrected chi connectivity index (χ0v) is 19.9. The van der Waals surface area contributed by atoms with Crippen LogP contribution in [0.5, 0.6) is 11.5 Å². The summed E-state index contributed by atoms with van der Waals surface area (Å²) in [5, 5.41) is 0. The Hall–Kier alpha value is -2.79. The Morgan fingerprint density at radius 2 is 1.88 bits per heavy atom. The van der Waals surface area contributed by atoms with Crippen LogP contribution >= 0.6 is 24.0 Å². The van der Waals surface area contributed by atoms with Gasteiger partial charge < -0.3 is 24.0 Å². The smallest absolute Gasteiger partial charge is 0.409 e. The molecule has 0 atom stereocenters. The van der Waals surface area contributed by atoms with Crippen molar-refractivity contribution in [2.75, 3.05) is 46.1 Å². The van der Waals surface area contributed by atoms with Crippen LogP contribution < -0.4 is 9.47 Å². The molecule has 11 heteroatoms. The van der Waals surface area contributed by atoms with Gasteiger partial charge in [0, 0.05) is 39.1 Å². The van der Waals surface area contributed by atoms with Gasteiger partial charge in [0.05, 0.1) is 11.5 Å². The van der Waals surface area contributed by atoms with E-state index < -0.39 is 0 Å². The fourth-order valence-electron chi connectivity index (χ4n) is 3.75. The van der Waals surface area contributed by atoms with E-state index in [0.717, 1.165) is 5.56 Å². The Morgan fingerprint density at radius 3 is 2.64 bits per heavy atom. The van der Waals surface area contributed by atoms with Gasteiger partial charge in [-0.25, -0.2) is 4.79 Å². The second-order valence-corrected chi connectivity index (χ2v) is 9.29. The summed E-state index contributed by atoms with van der Waals surface area (Å²) in [7, 11) is 0. The highest BCUT2D eigenvalue weighted by molar-refractivity contribution is 8.26. The van der Waals surface area contributed by atoms with Crippen LogP contribution in [0.25, 0.3) is 6.08 Å². The van der Waals surface area contributed by atoms with Gasteiger partial charge in [-0.3, -0.25) is 14.5 Å². The lowest BCUT2D eigenvalue weighted by Gasteiger charge is -2.34. The van der Waals surface area contributed by atoms with E-state index in [0.29, 0.717) is 72.9 Å². The van der Waals surface area contributed by atoms with Crippen LogP contribution in [-0.4, -0.2) is 83.1 Å². The van der Waals surface area contributed by atoms with Crippen molar-refractivity contribution in [1.82, 2.24) is 14.7 Å². The zero-order valence-electron chi connectivity index (χ0n) is 18.3. The lowest BCUT2D eigenvalue weighted by atomic mass is 10.2. The molecule has 0 radical (unpaired) electrons. The molecule has 33 heavy (non-hydrogen) atoms. The van der Waals surface area contributed by atoms with Crippen LogP contribution in [0, 0.1) is 0 Å². The van der Waals surface area contributed by atoms with E-state index >= 15 is 0 Å². The van der Waals surface area contributed by atoms with Crippen LogP contribution in [0.1, 0.15) is 25.3 Å². The summed E-state index contributed by atoms with van der Waals surface area (Å²) >= 11 is 6.65. The number of amides is 3. The van der Waals surface area contributed by atoms with Gasteiger partial charge in [0.15, 0.2) is 11.5 Å². The quantitative estimate of drug-likeness (QED) is 0.443. The normalized spacial score (nSPS) is 18.9. The molecule has 0 bridgehead atoms. The third-order valence-electron chi connectivity index (χ3n) is 5.50. The SMILES string of the molecule is CCOC(=O)N1CCN(C(=O)CCCN2C(=O)C(=Cc3ccc4c(c3)OCO4)SC2=S)CC1. The maximum Gasteiger partial charge on any atom is 0.409 e. The molecule has 0 aromatic heterocycles. The summed E-state index contributed by atoms with van der Waals surface area (Å²) in [6.45, 7) is 4.57. The van der Waals surface area contributed by atoms with E-state index in [1.165, 1.54) is 11.8 Å². The first-order valence-electron chi connectivity index (χ1n) is 10.8. The van der Waals surface area contributed by atoms with E-state index in [2.05, 4.69) is 0 Å². The molecule has 0 spiro atoms. The van der Waals surface area contributed by atoms with E-state index in [1.807, 2.05) is 18.2 Å². The molecule has 2 saturated heterocycles. The van der Waals surface area contributed by atoms with Crippen LogP contribution in [0.4, 0.5) is 4.79 Å². The maximum absolute atomic E-state index is 12.8. The first kappa shape index (κ1) is 23.4. The summed E-state index contributed by atoms with van der Waals surface area (Å²) < 4.78 is 16.2. The Balaban J connectivity index is 1.25. The van der Waals surface area contributed by atoms with Gasteiger partial charge in [0.2, 0.25) is 12.7 Å². The van der Waals surface area contributed by atoms with Crippen LogP contribution in [0.15, 0.2) is 23.1 Å². The highest BCUT2D eigenvalue weighted by Crippen LogP contribution is 2.36. The number of nitrogens with zero attached hydrogens (tertiary/aromatic N) is 3. The minimum atomic E-state index is -0.340. The van der Waals surface area contributed by atoms with Crippen molar-refractivity contribution >= 4 is 52.3 Å². The van der Waals surface area contributed by atoms with Gasteiger partial charge in [0.25, 0.3) is 5.91 Å². The van der Waals surface area contributed by atoms with Crippen molar-refractivity contribution < 1.29 is 28.6 Å². The number of ether oxygens (including phenoxy) is 3. The average molecular weight is 492 g/mol. The molecule has 3 heterocycles. The van der Waals surface area contributed by atoms with Crippen molar-refractivity contribution in [2.45, 2.75) is 19.8 Å². The highest BCUT2D eigenvalue weighted by Gasteiger charge is 2.32. The Kier molecular flexibility index (Phi) is 7.39. The minimum Gasteiger partial charge on any atom is -0.454 e.